The van der Waals surface area contributed by atoms with Crippen molar-refractivity contribution < 1.29 is 29.1 Å². The van der Waals surface area contributed by atoms with Crippen molar-refractivity contribution >= 4 is 29.5 Å². The van der Waals surface area contributed by atoms with Crippen LogP contribution in [-0.4, -0.2) is 46.9 Å². The van der Waals surface area contributed by atoms with Crippen LogP contribution in [0.3, 0.4) is 0 Å². The fourth-order valence-corrected chi connectivity index (χ4v) is 4.22. The van der Waals surface area contributed by atoms with Gasteiger partial charge in [-0.1, -0.05) is 43.8 Å². The standard InChI is InChI=1S/C25H32N2O7S/c1-6-17-12-21(27(31)32)19(13-22(17)35-18-10-8-7-9-11-18)16(2)14-33-24(30)26-20(23(28)29)15-34-25(3,4)5/h7-13,16,20H,6,14-15H2,1-5H3,(H,26,30)(H,28,29). The molecule has 2 aromatic carbocycles. The van der Waals surface area contributed by atoms with Crippen LogP contribution in [0.1, 0.15) is 51.7 Å². The van der Waals surface area contributed by atoms with Gasteiger partial charge in [0.2, 0.25) is 0 Å². The van der Waals surface area contributed by atoms with Crippen molar-refractivity contribution in [1.29, 1.82) is 0 Å². The summed E-state index contributed by atoms with van der Waals surface area (Å²) < 4.78 is 10.7. The zero-order valence-electron chi connectivity index (χ0n) is 20.6. The molecule has 35 heavy (non-hydrogen) atoms. The number of rotatable bonds is 11. The van der Waals surface area contributed by atoms with Crippen LogP contribution in [0.25, 0.3) is 0 Å². The summed E-state index contributed by atoms with van der Waals surface area (Å²) in [6.45, 7) is 8.57. The molecule has 0 fully saturated rings. The third-order valence-electron chi connectivity index (χ3n) is 5.03. The Morgan fingerprint density at radius 2 is 1.83 bits per heavy atom. The third kappa shape index (κ3) is 8.88. The summed E-state index contributed by atoms with van der Waals surface area (Å²) in [5.41, 5.74) is 0.665. The van der Waals surface area contributed by atoms with Crippen molar-refractivity contribution in [3.63, 3.8) is 0 Å². The van der Waals surface area contributed by atoms with Crippen LogP contribution in [0.5, 0.6) is 0 Å². The molecule has 0 aromatic heterocycles. The molecule has 2 rings (SSSR count). The van der Waals surface area contributed by atoms with E-state index in [-0.39, 0.29) is 18.9 Å². The number of nitro groups is 1. The number of carboxylic acid groups (broad SMARTS) is 1. The molecule has 2 atom stereocenters. The number of nitrogens with zero attached hydrogens (tertiary/aromatic N) is 1. The molecule has 190 valence electrons. The minimum Gasteiger partial charge on any atom is -0.480 e. The van der Waals surface area contributed by atoms with Crippen molar-refractivity contribution in [3.05, 3.63) is 63.7 Å². The molecule has 0 spiro atoms. The number of nitrogens with one attached hydrogen (secondary N) is 1. The van der Waals surface area contributed by atoms with E-state index >= 15 is 0 Å². The van der Waals surface area contributed by atoms with Crippen LogP contribution in [0.2, 0.25) is 0 Å². The number of hydrogen-bond donors (Lipinski definition) is 2. The van der Waals surface area contributed by atoms with Crippen LogP contribution in [0, 0.1) is 10.1 Å². The molecule has 0 aliphatic rings. The normalized spacial score (nSPS) is 13.1. The summed E-state index contributed by atoms with van der Waals surface area (Å²) in [4.78, 5) is 36.9. The second kappa shape index (κ2) is 12.6. The highest BCUT2D eigenvalue weighted by atomic mass is 32.2. The summed E-state index contributed by atoms with van der Waals surface area (Å²) in [6, 6.07) is 11.7. The number of carbonyl (C=O) groups excluding carboxylic acids is 1. The highest BCUT2D eigenvalue weighted by molar-refractivity contribution is 7.99. The summed E-state index contributed by atoms with van der Waals surface area (Å²) in [5, 5.41) is 23.4. The number of benzene rings is 2. The Hall–Kier alpha value is -3.11. The minimum atomic E-state index is -1.29. The zero-order valence-corrected chi connectivity index (χ0v) is 21.4. The summed E-state index contributed by atoms with van der Waals surface area (Å²) in [5.74, 6) is -1.76. The molecule has 9 nitrogen and oxygen atoms in total. The number of amides is 1. The van der Waals surface area contributed by atoms with Crippen molar-refractivity contribution in [2.75, 3.05) is 13.2 Å². The number of aryl methyl sites for hydroxylation is 1. The van der Waals surface area contributed by atoms with Crippen molar-refractivity contribution in [2.45, 2.75) is 68.4 Å². The molecule has 0 saturated heterocycles. The van der Waals surface area contributed by atoms with Gasteiger partial charge in [-0.05, 0) is 51.0 Å². The zero-order chi connectivity index (χ0) is 26.2. The maximum absolute atomic E-state index is 12.3. The monoisotopic (exact) mass is 504 g/mol. The SMILES string of the molecule is CCc1cc([N+](=O)[O-])c(C(C)COC(=O)NC(COC(C)(C)C)C(=O)O)cc1Sc1ccccc1. The summed E-state index contributed by atoms with van der Waals surface area (Å²) in [7, 11) is 0. The lowest BCUT2D eigenvalue weighted by atomic mass is 9.97. The number of aliphatic carboxylic acids is 1. The molecule has 2 unspecified atom stereocenters. The molecule has 0 aliphatic carbocycles. The molecule has 10 heteroatoms. The average molecular weight is 505 g/mol. The van der Waals surface area contributed by atoms with E-state index < -0.39 is 34.5 Å². The summed E-state index contributed by atoms with van der Waals surface area (Å²) >= 11 is 1.51. The van der Waals surface area contributed by atoms with Gasteiger partial charge in [0.1, 0.15) is 6.61 Å². The van der Waals surface area contributed by atoms with Gasteiger partial charge in [0.05, 0.1) is 17.1 Å². The lowest BCUT2D eigenvalue weighted by Gasteiger charge is -2.23. The molecule has 2 N–H and O–H groups in total. The summed E-state index contributed by atoms with van der Waals surface area (Å²) in [6.07, 6.45) is -0.315. The highest BCUT2D eigenvalue weighted by Gasteiger charge is 2.26. The topological polar surface area (TPSA) is 128 Å². The van der Waals surface area contributed by atoms with Gasteiger partial charge in [-0.3, -0.25) is 10.1 Å². The van der Waals surface area contributed by atoms with Crippen LogP contribution >= 0.6 is 11.8 Å². The molecule has 0 aliphatic heterocycles. The van der Waals surface area contributed by atoms with Gasteiger partial charge in [-0.25, -0.2) is 9.59 Å². The first-order valence-corrected chi connectivity index (χ1v) is 12.1. The molecule has 1 amide bonds. The quantitative estimate of drug-likeness (QED) is 0.307. The minimum absolute atomic E-state index is 0.0437. The van der Waals surface area contributed by atoms with Crippen molar-refractivity contribution in [1.82, 2.24) is 5.32 Å². The Kier molecular flexibility index (Phi) is 10.1. The van der Waals surface area contributed by atoms with E-state index in [1.165, 1.54) is 11.8 Å². The van der Waals surface area contributed by atoms with Crippen LogP contribution in [0.4, 0.5) is 10.5 Å². The van der Waals surface area contributed by atoms with Crippen molar-refractivity contribution in [2.24, 2.45) is 0 Å². The Morgan fingerprint density at radius 3 is 2.37 bits per heavy atom. The molecule has 0 bridgehead atoms. The third-order valence-corrected chi connectivity index (χ3v) is 6.13. The fraction of sp³-hybridized carbons (Fsp3) is 0.440. The first-order valence-electron chi connectivity index (χ1n) is 11.3. The molecule has 0 saturated carbocycles. The van der Waals surface area contributed by atoms with E-state index in [1.807, 2.05) is 37.3 Å². The smallest absolute Gasteiger partial charge is 0.407 e. The van der Waals surface area contributed by atoms with Gasteiger partial charge < -0.3 is 19.9 Å². The predicted octanol–water partition coefficient (Wildman–Crippen LogP) is 5.41. The number of alkyl carbamates (subject to hydrolysis) is 1. The van der Waals surface area contributed by atoms with Gasteiger partial charge in [0.15, 0.2) is 6.04 Å². The number of hydrogen-bond acceptors (Lipinski definition) is 7. The van der Waals surface area contributed by atoms with Gasteiger partial charge in [0, 0.05) is 27.3 Å². The first kappa shape index (κ1) is 28.1. The lowest BCUT2D eigenvalue weighted by Crippen LogP contribution is -2.45. The van der Waals surface area contributed by atoms with E-state index in [1.54, 1.807) is 39.8 Å². The Labute approximate surface area is 209 Å². The molecular weight excluding hydrogens is 472 g/mol. The second-order valence-corrected chi connectivity index (χ2v) is 10.1. The number of carboxylic acids is 1. The van der Waals surface area contributed by atoms with Gasteiger partial charge >= 0.3 is 12.1 Å². The van der Waals surface area contributed by atoms with Crippen LogP contribution in [-0.2, 0) is 20.7 Å². The lowest BCUT2D eigenvalue weighted by molar-refractivity contribution is -0.385. The Bertz CT molecular complexity index is 1040. The Balaban J connectivity index is 2.16. The average Bonchev–Trinajstić information content (AvgIpc) is 2.79. The van der Waals surface area contributed by atoms with E-state index in [2.05, 4.69) is 5.32 Å². The fourth-order valence-electron chi connectivity index (χ4n) is 3.15. The van der Waals surface area contributed by atoms with Gasteiger partial charge in [-0.15, -0.1) is 0 Å². The highest BCUT2D eigenvalue weighted by Crippen LogP contribution is 2.37. The van der Waals surface area contributed by atoms with Gasteiger partial charge in [-0.2, -0.15) is 0 Å². The largest absolute Gasteiger partial charge is 0.480 e. The molecule has 0 heterocycles. The molecular formula is C25H32N2O7S. The number of ether oxygens (including phenoxy) is 2. The molecule has 0 radical (unpaired) electrons. The maximum Gasteiger partial charge on any atom is 0.407 e. The first-order chi connectivity index (χ1) is 16.4. The van der Waals surface area contributed by atoms with E-state index in [0.29, 0.717) is 12.0 Å². The van der Waals surface area contributed by atoms with Crippen LogP contribution in [0.15, 0.2) is 52.3 Å². The van der Waals surface area contributed by atoms with Crippen LogP contribution < -0.4 is 5.32 Å². The molecule has 2 aromatic rings. The van der Waals surface area contributed by atoms with E-state index in [9.17, 15) is 24.8 Å². The van der Waals surface area contributed by atoms with E-state index in [0.717, 1.165) is 15.4 Å². The van der Waals surface area contributed by atoms with Gasteiger partial charge in [0.25, 0.3) is 5.69 Å². The Morgan fingerprint density at radius 1 is 1.17 bits per heavy atom. The predicted molar refractivity (Wildman–Crippen MR) is 133 cm³/mol. The number of nitro benzene ring substituents is 1. The number of carbonyl (C=O) groups is 2. The van der Waals surface area contributed by atoms with Crippen molar-refractivity contribution in [3.8, 4) is 0 Å². The van der Waals surface area contributed by atoms with E-state index in [4.69, 9.17) is 9.47 Å². The second-order valence-electron chi connectivity index (χ2n) is 9.00. The maximum atomic E-state index is 12.3.